The molecular weight excluding hydrogens is 401 g/mol. The van der Waals surface area contributed by atoms with Crippen molar-refractivity contribution in [3.8, 4) is 0 Å². The lowest BCUT2D eigenvalue weighted by Gasteiger charge is -2.26. The number of amides is 2. The van der Waals surface area contributed by atoms with Crippen LogP contribution in [0.2, 0.25) is 10.0 Å². The number of halogens is 2. The third kappa shape index (κ3) is 3.10. The fourth-order valence-corrected chi connectivity index (χ4v) is 3.55. The van der Waals surface area contributed by atoms with Gasteiger partial charge in [-0.1, -0.05) is 41.4 Å². The number of nitrogens with zero attached hydrogens (tertiary/aromatic N) is 3. The van der Waals surface area contributed by atoms with Crippen molar-refractivity contribution in [2.45, 2.75) is 12.5 Å². The third-order valence-electron chi connectivity index (χ3n) is 4.63. The second-order valence-corrected chi connectivity index (χ2v) is 7.10. The van der Waals surface area contributed by atoms with Gasteiger partial charge in [-0.05, 0) is 29.8 Å². The number of imidazole rings is 1. The van der Waals surface area contributed by atoms with E-state index in [0.717, 1.165) is 4.90 Å². The van der Waals surface area contributed by atoms with Gasteiger partial charge in [0.15, 0.2) is 0 Å². The molecule has 2 aromatic carbocycles. The molecule has 0 spiro atoms. The Morgan fingerprint density at radius 2 is 1.68 bits per heavy atom. The maximum Gasteiger partial charge on any atom is 0.262 e. The highest BCUT2D eigenvalue weighted by molar-refractivity contribution is 6.42. The number of carbonyl (C=O) groups is 3. The van der Waals surface area contributed by atoms with Crippen molar-refractivity contribution in [2.75, 3.05) is 0 Å². The quantitative estimate of drug-likeness (QED) is 0.599. The van der Waals surface area contributed by atoms with Gasteiger partial charge in [0, 0.05) is 12.4 Å². The number of aromatic nitrogens is 2. The minimum atomic E-state index is -0.836. The van der Waals surface area contributed by atoms with Crippen LogP contribution in [0, 0.1) is 0 Å². The van der Waals surface area contributed by atoms with Crippen LogP contribution >= 0.6 is 23.2 Å². The number of hydrogen-bond acceptors (Lipinski definition) is 4. The molecule has 1 unspecified atom stereocenters. The Bertz CT molecular complexity index is 1060. The molecule has 1 aliphatic heterocycles. The van der Waals surface area contributed by atoms with Gasteiger partial charge in [-0.15, -0.1) is 0 Å². The van der Waals surface area contributed by atoms with Gasteiger partial charge in [-0.3, -0.25) is 23.9 Å². The summed E-state index contributed by atoms with van der Waals surface area (Å²) < 4.78 is 1.31. The van der Waals surface area contributed by atoms with Gasteiger partial charge in [0.25, 0.3) is 11.8 Å². The van der Waals surface area contributed by atoms with Crippen molar-refractivity contribution in [3.05, 3.63) is 87.9 Å². The zero-order chi connectivity index (χ0) is 19.8. The molecule has 0 radical (unpaired) electrons. The highest BCUT2D eigenvalue weighted by atomic mass is 35.5. The highest BCUT2D eigenvalue weighted by Gasteiger charge is 2.41. The molecule has 4 rings (SSSR count). The molecule has 0 fully saturated rings. The minimum absolute atomic E-state index is 0.125. The number of benzene rings is 2. The summed E-state index contributed by atoms with van der Waals surface area (Å²) in [4.78, 5) is 43.6. The molecule has 0 saturated carbocycles. The molecule has 28 heavy (non-hydrogen) atoms. The lowest BCUT2D eigenvalue weighted by molar-refractivity contribution is 0.0561. The lowest BCUT2D eigenvalue weighted by Crippen LogP contribution is -2.36. The molecule has 0 saturated heterocycles. The molecule has 2 amide bonds. The number of imide groups is 1. The Hall–Kier alpha value is -2.96. The van der Waals surface area contributed by atoms with Gasteiger partial charge < -0.3 is 0 Å². The summed E-state index contributed by atoms with van der Waals surface area (Å²) >= 11 is 12.1. The van der Waals surface area contributed by atoms with Crippen LogP contribution in [0.4, 0.5) is 0 Å². The maximum absolute atomic E-state index is 13.0. The first-order chi connectivity index (χ1) is 13.5. The van der Waals surface area contributed by atoms with Gasteiger partial charge in [0.05, 0.1) is 33.6 Å². The van der Waals surface area contributed by atoms with E-state index < -0.39 is 17.9 Å². The molecule has 0 N–H and O–H groups in total. The van der Waals surface area contributed by atoms with E-state index in [1.165, 1.54) is 23.3 Å². The van der Waals surface area contributed by atoms with Crippen LogP contribution in [0.5, 0.6) is 0 Å². The van der Waals surface area contributed by atoms with Crippen molar-refractivity contribution in [3.63, 3.8) is 0 Å². The molecule has 0 bridgehead atoms. The Kier molecular flexibility index (Phi) is 4.75. The first-order valence-corrected chi connectivity index (χ1v) is 9.16. The average molecular weight is 414 g/mol. The molecular formula is C20H13Cl2N3O3. The number of carbonyl (C=O) groups excluding carboxylic acids is 3. The predicted molar refractivity (Wildman–Crippen MR) is 104 cm³/mol. The van der Waals surface area contributed by atoms with Crippen molar-refractivity contribution >= 4 is 40.9 Å². The highest BCUT2D eigenvalue weighted by Crippen LogP contribution is 2.36. The summed E-state index contributed by atoms with van der Waals surface area (Å²) in [7, 11) is 0. The van der Waals surface area contributed by atoms with Gasteiger partial charge in [0.1, 0.15) is 6.33 Å². The molecule has 140 valence electrons. The van der Waals surface area contributed by atoms with Gasteiger partial charge in [-0.2, -0.15) is 0 Å². The van der Waals surface area contributed by atoms with E-state index in [9.17, 15) is 14.4 Å². The van der Waals surface area contributed by atoms with Crippen LogP contribution in [0.1, 0.15) is 43.5 Å². The summed E-state index contributed by atoms with van der Waals surface area (Å²) in [6, 6.07) is 10.5. The topological polar surface area (TPSA) is 72.3 Å². The lowest BCUT2D eigenvalue weighted by atomic mass is 10.0. The van der Waals surface area contributed by atoms with Gasteiger partial charge >= 0.3 is 0 Å². The van der Waals surface area contributed by atoms with E-state index in [1.54, 1.807) is 42.5 Å². The predicted octanol–water partition coefficient (Wildman–Crippen LogP) is 4.26. The van der Waals surface area contributed by atoms with E-state index in [1.807, 2.05) is 0 Å². The normalized spacial score (nSPS) is 14.3. The van der Waals surface area contributed by atoms with E-state index in [0.29, 0.717) is 21.7 Å². The van der Waals surface area contributed by atoms with Gasteiger partial charge in [-0.25, -0.2) is 4.98 Å². The minimum Gasteiger partial charge on any atom is -0.276 e. The Morgan fingerprint density at radius 1 is 1.00 bits per heavy atom. The Labute approximate surface area is 170 Å². The summed E-state index contributed by atoms with van der Waals surface area (Å²) in [5, 5.41) is 0.614. The smallest absolute Gasteiger partial charge is 0.262 e. The van der Waals surface area contributed by atoms with Crippen LogP contribution in [0.3, 0.4) is 0 Å². The summed E-state index contributed by atoms with van der Waals surface area (Å²) in [6.07, 6.45) is 4.24. The van der Waals surface area contributed by atoms with E-state index in [4.69, 9.17) is 23.2 Å². The SMILES string of the molecule is O=C1c2ccccc2C(=O)N1C(CC(=O)n1ccnc1)c1ccc(Cl)c(Cl)c1. The Morgan fingerprint density at radius 3 is 2.25 bits per heavy atom. The summed E-state index contributed by atoms with van der Waals surface area (Å²) in [6.45, 7) is 0. The maximum atomic E-state index is 13.0. The van der Waals surface area contributed by atoms with Crippen molar-refractivity contribution in [2.24, 2.45) is 0 Å². The molecule has 1 aromatic heterocycles. The average Bonchev–Trinajstić information content (AvgIpc) is 3.31. The first-order valence-electron chi connectivity index (χ1n) is 8.40. The summed E-state index contributed by atoms with van der Waals surface area (Å²) in [5.41, 5.74) is 1.16. The van der Waals surface area contributed by atoms with Crippen LogP contribution in [-0.2, 0) is 0 Å². The molecule has 2 heterocycles. The van der Waals surface area contributed by atoms with E-state index >= 15 is 0 Å². The van der Waals surface area contributed by atoms with Gasteiger partial charge in [0.2, 0.25) is 5.91 Å². The fraction of sp³-hybridized carbons (Fsp3) is 0.100. The number of rotatable bonds is 4. The zero-order valence-corrected chi connectivity index (χ0v) is 15.9. The molecule has 1 aliphatic rings. The summed E-state index contributed by atoms with van der Waals surface area (Å²) in [5.74, 6) is -1.21. The van der Waals surface area contributed by atoms with Crippen LogP contribution < -0.4 is 0 Å². The largest absolute Gasteiger partial charge is 0.276 e. The molecule has 3 aromatic rings. The zero-order valence-electron chi connectivity index (χ0n) is 14.4. The van der Waals surface area contributed by atoms with Crippen molar-refractivity contribution in [1.29, 1.82) is 0 Å². The monoisotopic (exact) mass is 413 g/mol. The molecule has 1 atom stereocenters. The second-order valence-electron chi connectivity index (χ2n) is 6.28. The standard InChI is InChI=1S/C20H13Cl2N3O3/c21-15-6-5-12(9-16(15)22)17(10-18(26)24-8-7-23-11-24)25-19(27)13-3-1-2-4-14(13)20(25)28/h1-9,11,17H,10H2. The van der Waals surface area contributed by atoms with Crippen molar-refractivity contribution < 1.29 is 14.4 Å². The number of fused-ring (bicyclic) bond motifs is 1. The first kappa shape index (κ1) is 18.4. The van der Waals surface area contributed by atoms with Crippen LogP contribution in [-0.4, -0.2) is 32.2 Å². The molecule has 8 heteroatoms. The molecule has 0 aliphatic carbocycles. The number of hydrogen-bond donors (Lipinski definition) is 0. The van der Waals surface area contributed by atoms with Crippen molar-refractivity contribution in [1.82, 2.24) is 14.5 Å². The second kappa shape index (κ2) is 7.22. The van der Waals surface area contributed by atoms with Crippen LogP contribution in [0.25, 0.3) is 0 Å². The van der Waals surface area contributed by atoms with E-state index in [-0.39, 0.29) is 17.4 Å². The van der Waals surface area contributed by atoms with Crippen LogP contribution in [0.15, 0.2) is 61.2 Å². The third-order valence-corrected chi connectivity index (χ3v) is 5.36. The van der Waals surface area contributed by atoms with E-state index in [2.05, 4.69) is 4.98 Å². The Balaban J connectivity index is 1.77. The fourth-order valence-electron chi connectivity index (χ4n) is 3.25. The molecule has 6 nitrogen and oxygen atoms in total.